The van der Waals surface area contributed by atoms with Crippen LogP contribution in [0.3, 0.4) is 0 Å². The first-order chi connectivity index (χ1) is 9.02. The molecule has 0 aromatic carbocycles. The van der Waals surface area contributed by atoms with Gasteiger partial charge in [-0.1, -0.05) is 6.92 Å². The number of carboxylic acid groups (broad SMARTS) is 1. The number of carboxylic acids is 1. The lowest BCUT2D eigenvalue weighted by atomic mass is 9.89. The molecule has 0 bridgehead atoms. The quantitative estimate of drug-likeness (QED) is 0.803. The Labute approximate surface area is 113 Å². The van der Waals surface area contributed by atoms with Crippen LogP contribution in [0.5, 0.6) is 0 Å². The lowest BCUT2D eigenvalue weighted by Crippen LogP contribution is -2.58. The van der Waals surface area contributed by atoms with Gasteiger partial charge in [-0.15, -0.1) is 0 Å². The zero-order valence-electron chi connectivity index (χ0n) is 11.5. The Morgan fingerprint density at radius 3 is 2.63 bits per heavy atom. The molecule has 2 unspecified atom stereocenters. The fraction of sp³-hybridized carbons (Fsp3) is 0.846. The van der Waals surface area contributed by atoms with E-state index in [1.54, 1.807) is 7.11 Å². The van der Waals surface area contributed by atoms with E-state index in [4.69, 9.17) is 4.74 Å². The van der Waals surface area contributed by atoms with Crippen molar-refractivity contribution in [2.75, 3.05) is 13.7 Å². The normalized spacial score (nSPS) is 34.5. The molecular weight excluding hydrogens is 248 g/mol. The highest BCUT2D eigenvalue weighted by Gasteiger charge is 2.39. The second-order valence-electron chi connectivity index (χ2n) is 5.57. The maximum atomic E-state index is 12.2. The van der Waals surface area contributed by atoms with Gasteiger partial charge in [-0.25, -0.2) is 9.59 Å². The monoisotopic (exact) mass is 270 g/mol. The van der Waals surface area contributed by atoms with E-state index in [2.05, 4.69) is 5.32 Å². The fourth-order valence-corrected chi connectivity index (χ4v) is 2.93. The van der Waals surface area contributed by atoms with Crippen molar-refractivity contribution < 1.29 is 19.4 Å². The van der Waals surface area contributed by atoms with Gasteiger partial charge in [0.1, 0.15) is 6.04 Å². The summed E-state index contributed by atoms with van der Waals surface area (Å²) < 4.78 is 5.16. The lowest BCUT2D eigenvalue weighted by Gasteiger charge is -2.40. The molecule has 1 aliphatic heterocycles. The number of carbonyl (C=O) groups is 2. The molecule has 0 radical (unpaired) electrons. The lowest BCUT2D eigenvalue weighted by molar-refractivity contribution is -0.145. The molecule has 1 heterocycles. The van der Waals surface area contributed by atoms with Crippen LogP contribution in [0.25, 0.3) is 0 Å². The number of rotatable bonds is 3. The van der Waals surface area contributed by atoms with Gasteiger partial charge in [0.15, 0.2) is 0 Å². The van der Waals surface area contributed by atoms with E-state index in [0.717, 1.165) is 25.7 Å². The number of aliphatic carboxylic acids is 1. The molecule has 2 atom stereocenters. The van der Waals surface area contributed by atoms with Crippen LogP contribution >= 0.6 is 0 Å². The number of ether oxygens (including phenoxy) is 1. The molecular formula is C13H22N2O4. The summed E-state index contributed by atoms with van der Waals surface area (Å²) in [6.45, 7) is 2.41. The predicted octanol–water partition coefficient (Wildman–Crippen LogP) is 1.06. The number of amides is 2. The smallest absolute Gasteiger partial charge is 0.326 e. The van der Waals surface area contributed by atoms with Crippen molar-refractivity contribution in [1.29, 1.82) is 0 Å². The summed E-state index contributed by atoms with van der Waals surface area (Å²) in [7, 11) is 1.66. The van der Waals surface area contributed by atoms with Crippen LogP contribution in [0, 0.1) is 5.92 Å². The third-order valence-corrected chi connectivity index (χ3v) is 4.20. The molecule has 6 heteroatoms. The number of likely N-dealkylation sites (tertiary alicyclic amines) is 1. The topological polar surface area (TPSA) is 78.9 Å². The minimum atomic E-state index is -0.911. The summed E-state index contributed by atoms with van der Waals surface area (Å²) >= 11 is 0. The van der Waals surface area contributed by atoms with Crippen LogP contribution in [0.4, 0.5) is 4.79 Å². The van der Waals surface area contributed by atoms with Crippen molar-refractivity contribution in [3.05, 3.63) is 0 Å². The van der Waals surface area contributed by atoms with Crippen molar-refractivity contribution in [2.24, 2.45) is 5.92 Å². The molecule has 19 heavy (non-hydrogen) atoms. The van der Waals surface area contributed by atoms with E-state index in [1.165, 1.54) is 4.90 Å². The minimum absolute atomic E-state index is 0.00474. The van der Waals surface area contributed by atoms with Gasteiger partial charge >= 0.3 is 12.0 Å². The molecule has 2 fully saturated rings. The Morgan fingerprint density at radius 1 is 1.37 bits per heavy atom. The average molecular weight is 270 g/mol. The van der Waals surface area contributed by atoms with Crippen molar-refractivity contribution in [2.45, 2.75) is 50.8 Å². The molecule has 2 amide bonds. The highest BCUT2D eigenvalue weighted by atomic mass is 16.5. The first-order valence-corrected chi connectivity index (χ1v) is 6.85. The van der Waals surface area contributed by atoms with E-state index >= 15 is 0 Å². The number of hydrogen-bond acceptors (Lipinski definition) is 3. The van der Waals surface area contributed by atoms with Gasteiger partial charge in [0.25, 0.3) is 0 Å². The predicted molar refractivity (Wildman–Crippen MR) is 68.9 cm³/mol. The average Bonchev–Trinajstić information content (AvgIpc) is 2.32. The Kier molecular flexibility index (Phi) is 4.29. The van der Waals surface area contributed by atoms with Gasteiger partial charge in [0, 0.05) is 19.7 Å². The van der Waals surface area contributed by atoms with Crippen LogP contribution in [-0.2, 0) is 9.53 Å². The molecule has 1 saturated carbocycles. The Balaban J connectivity index is 1.91. The zero-order valence-corrected chi connectivity index (χ0v) is 11.5. The summed E-state index contributed by atoms with van der Waals surface area (Å²) in [5.41, 5.74) is 0. The first kappa shape index (κ1) is 14.1. The maximum absolute atomic E-state index is 12.2. The second kappa shape index (κ2) is 5.77. The Bertz CT molecular complexity index is 355. The number of nitrogens with zero attached hydrogens (tertiary/aromatic N) is 1. The van der Waals surface area contributed by atoms with Gasteiger partial charge in [0.2, 0.25) is 0 Å². The van der Waals surface area contributed by atoms with Crippen LogP contribution in [0.2, 0.25) is 0 Å². The standard InChI is InChI=1S/C13H22N2O4/c1-8-4-3-5-15(11(8)12(16)17)13(18)14-9-6-10(7-9)19-2/h8-11H,3-7H2,1-2H3,(H,14,18)(H,16,17). The van der Waals surface area contributed by atoms with E-state index in [-0.39, 0.29) is 24.1 Å². The van der Waals surface area contributed by atoms with E-state index in [1.807, 2.05) is 6.92 Å². The summed E-state index contributed by atoms with van der Waals surface area (Å²) in [5.74, 6) is -0.907. The molecule has 0 aromatic rings. The largest absolute Gasteiger partial charge is 0.480 e. The zero-order chi connectivity index (χ0) is 14.0. The molecule has 1 aliphatic carbocycles. The van der Waals surface area contributed by atoms with Gasteiger partial charge in [-0.05, 0) is 31.6 Å². The first-order valence-electron chi connectivity index (χ1n) is 6.85. The SMILES string of the molecule is COC1CC(NC(=O)N2CCCC(C)C2C(=O)O)C1. The highest BCUT2D eigenvalue weighted by Crippen LogP contribution is 2.26. The molecule has 1 saturated heterocycles. The molecule has 0 spiro atoms. The summed E-state index contributed by atoms with van der Waals surface area (Å²) in [4.78, 5) is 24.9. The third kappa shape index (κ3) is 3.00. The third-order valence-electron chi connectivity index (χ3n) is 4.20. The van der Waals surface area contributed by atoms with Crippen LogP contribution in [0.1, 0.15) is 32.6 Å². The van der Waals surface area contributed by atoms with Crippen molar-refractivity contribution in [1.82, 2.24) is 10.2 Å². The van der Waals surface area contributed by atoms with Gasteiger partial charge in [-0.2, -0.15) is 0 Å². The molecule has 0 aromatic heterocycles. The maximum Gasteiger partial charge on any atom is 0.326 e. The number of methoxy groups -OCH3 is 1. The molecule has 2 aliphatic rings. The van der Waals surface area contributed by atoms with Gasteiger partial charge in [-0.3, -0.25) is 0 Å². The molecule has 6 nitrogen and oxygen atoms in total. The summed E-state index contributed by atoms with van der Waals surface area (Å²) in [6, 6.07) is -0.838. The fourth-order valence-electron chi connectivity index (χ4n) is 2.93. The van der Waals surface area contributed by atoms with Crippen LogP contribution in [0.15, 0.2) is 0 Å². The van der Waals surface area contributed by atoms with Crippen LogP contribution in [-0.4, -0.2) is 53.8 Å². The van der Waals surface area contributed by atoms with Gasteiger partial charge < -0.3 is 20.1 Å². The van der Waals surface area contributed by atoms with Crippen molar-refractivity contribution in [3.8, 4) is 0 Å². The Hall–Kier alpha value is -1.30. The van der Waals surface area contributed by atoms with Crippen molar-refractivity contribution >= 4 is 12.0 Å². The number of urea groups is 1. The Morgan fingerprint density at radius 2 is 2.05 bits per heavy atom. The number of hydrogen-bond donors (Lipinski definition) is 2. The van der Waals surface area contributed by atoms with Crippen molar-refractivity contribution in [3.63, 3.8) is 0 Å². The second-order valence-corrected chi connectivity index (χ2v) is 5.57. The molecule has 2 N–H and O–H groups in total. The number of nitrogens with one attached hydrogen (secondary N) is 1. The van der Waals surface area contributed by atoms with E-state index < -0.39 is 12.0 Å². The van der Waals surface area contributed by atoms with E-state index in [0.29, 0.717) is 6.54 Å². The highest BCUT2D eigenvalue weighted by molar-refractivity contribution is 5.83. The van der Waals surface area contributed by atoms with Crippen LogP contribution < -0.4 is 5.32 Å². The summed E-state index contributed by atoms with van der Waals surface area (Å²) in [6.07, 6.45) is 3.56. The number of carbonyl (C=O) groups excluding carboxylic acids is 1. The number of piperidine rings is 1. The summed E-state index contributed by atoms with van der Waals surface area (Å²) in [5, 5.41) is 12.2. The van der Waals surface area contributed by atoms with E-state index in [9.17, 15) is 14.7 Å². The van der Waals surface area contributed by atoms with Gasteiger partial charge in [0.05, 0.1) is 6.10 Å². The minimum Gasteiger partial charge on any atom is -0.480 e. The molecule has 108 valence electrons. The molecule has 2 rings (SSSR count).